The van der Waals surface area contributed by atoms with Gasteiger partial charge in [-0.05, 0) is 19.4 Å². The zero-order chi connectivity index (χ0) is 13.5. The van der Waals surface area contributed by atoms with Crippen LogP contribution in [0.5, 0.6) is 5.75 Å². The molecule has 0 radical (unpaired) electrons. The molecule has 0 saturated carbocycles. The number of carbonyl (C=O) groups excluding carboxylic acids is 1. The van der Waals surface area contributed by atoms with E-state index in [2.05, 4.69) is 10.3 Å². The lowest BCUT2D eigenvalue weighted by atomic mass is 10.2. The Morgan fingerprint density at radius 3 is 2.83 bits per heavy atom. The van der Waals surface area contributed by atoms with E-state index in [1.54, 1.807) is 0 Å². The summed E-state index contributed by atoms with van der Waals surface area (Å²) >= 11 is 0. The quantitative estimate of drug-likeness (QED) is 0.790. The van der Waals surface area contributed by atoms with Crippen LogP contribution in [0.15, 0.2) is 18.5 Å². The number of ether oxygens (including phenoxy) is 1. The number of hydrogen-bond acceptors (Lipinski definition) is 4. The number of carboxylic acids is 1. The van der Waals surface area contributed by atoms with E-state index in [-0.39, 0.29) is 29.9 Å². The molecule has 1 atom stereocenters. The number of nitrogens with one attached hydrogen (secondary N) is 1. The second-order valence-corrected chi connectivity index (χ2v) is 3.88. The molecule has 1 rings (SSSR count). The van der Waals surface area contributed by atoms with Gasteiger partial charge in [-0.2, -0.15) is 0 Å². The fraction of sp³-hybridized carbons (Fsp3) is 0.417. The molecule has 6 heteroatoms. The number of aromatic carboxylic acids is 1. The van der Waals surface area contributed by atoms with Gasteiger partial charge in [-0.25, -0.2) is 4.79 Å². The highest BCUT2D eigenvalue weighted by Gasteiger charge is 2.08. The number of pyridine rings is 1. The molecule has 1 unspecified atom stereocenters. The van der Waals surface area contributed by atoms with E-state index in [9.17, 15) is 9.59 Å². The maximum absolute atomic E-state index is 11.4. The molecule has 98 valence electrons. The number of carboxylic acid groups (broad SMARTS) is 1. The Balaban J connectivity index is 2.50. The van der Waals surface area contributed by atoms with Crippen molar-refractivity contribution >= 4 is 11.9 Å². The molecule has 0 aromatic carbocycles. The Kier molecular flexibility index (Phi) is 5.10. The van der Waals surface area contributed by atoms with E-state index >= 15 is 0 Å². The Morgan fingerprint density at radius 1 is 1.50 bits per heavy atom. The van der Waals surface area contributed by atoms with Gasteiger partial charge in [-0.3, -0.25) is 9.78 Å². The first-order chi connectivity index (χ1) is 8.52. The van der Waals surface area contributed by atoms with Crippen molar-refractivity contribution in [2.45, 2.75) is 26.3 Å². The topological polar surface area (TPSA) is 88.5 Å². The van der Waals surface area contributed by atoms with Crippen LogP contribution in [0.25, 0.3) is 0 Å². The second-order valence-electron chi connectivity index (χ2n) is 3.88. The first kappa shape index (κ1) is 14.0. The van der Waals surface area contributed by atoms with Gasteiger partial charge in [0.05, 0.1) is 11.8 Å². The fourth-order valence-corrected chi connectivity index (χ4v) is 1.18. The summed E-state index contributed by atoms with van der Waals surface area (Å²) in [5, 5.41) is 11.5. The van der Waals surface area contributed by atoms with Gasteiger partial charge in [0, 0.05) is 12.2 Å². The molecule has 0 aliphatic carbocycles. The largest absolute Gasteiger partial charge is 0.482 e. The molecule has 2 N–H and O–H groups in total. The van der Waals surface area contributed by atoms with E-state index < -0.39 is 5.97 Å². The molecule has 1 amide bonds. The third-order valence-electron chi connectivity index (χ3n) is 2.35. The standard InChI is InChI=1S/C12H16N2O4/c1-3-8(2)14-11(15)7-18-10-4-9(12(16)17)5-13-6-10/h4-6,8H,3,7H2,1-2H3,(H,14,15)(H,16,17). The van der Waals surface area contributed by atoms with Crippen LogP contribution in [-0.4, -0.2) is 34.6 Å². The zero-order valence-electron chi connectivity index (χ0n) is 10.3. The van der Waals surface area contributed by atoms with Crippen molar-refractivity contribution in [2.24, 2.45) is 0 Å². The summed E-state index contributed by atoms with van der Waals surface area (Å²) in [6, 6.07) is 1.41. The monoisotopic (exact) mass is 252 g/mol. The van der Waals surface area contributed by atoms with Crippen LogP contribution in [0.2, 0.25) is 0 Å². The van der Waals surface area contributed by atoms with E-state index in [1.807, 2.05) is 13.8 Å². The maximum Gasteiger partial charge on any atom is 0.337 e. The van der Waals surface area contributed by atoms with Crippen LogP contribution < -0.4 is 10.1 Å². The Labute approximate surface area is 105 Å². The summed E-state index contributed by atoms with van der Waals surface area (Å²) < 4.78 is 5.17. The summed E-state index contributed by atoms with van der Waals surface area (Å²) in [5.74, 6) is -1.07. The van der Waals surface area contributed by atoms with E-state index in [1.165, 1.54) is 18.5 Å². The molecule has 1 aromatic heterocycles. The normalized spacial score (nSPS) is 11.7. The number of nitrogens with zero attached hydrogens (tertiary/aromatic N) is 1. The smallest absolute Gasteiger partial charge is 0.337 e. The Hall–Kier alpha value is -2.11. The number of hydrogen-bond donors (Lipinski definition) is 2. The Morgan fingerprint density at radius 2 is 2.22 bits per heavy atom. The lowest BCUT2D eigenvalue weighted by Gasteiger charge is -2.11. The van der Waals surface area contributed by atoms with E-state index in [4.69, 9.17) is 9.84 Å². The number of aromatic nitrogens is 1. The summed E-state index contributed by atoms with van der Waals surface area (Å²) in [6.07, 6.45) is 3.42. The minimum Gasteiger partial charge on any atom is -0.482 e. The molecule has 6 nitrogen and oxygen atoms in total. The predicted molar refractivity (Wildman–Crippen MR) is 64.6 cm³/mol. The van der Waals surface area contributed by atoms with E-state index in [0.29, 0.717) is 0 Å². The van der Waals surface area contributed by atoms with Crippen LogP contribution in [0.3, 0.4) is 0 Å². The van der Waals surface area contributed by atoms with Gasteiger partial charge in [0.25, 0.3) is 5.91 Å². The summed E-state index contributed by atoms with van der Waals surface area (Å²) in [4.78, 5) is 25.9. The SMILES string of the molecule is CCC(C)NC(=O)COc1cncc(C(=O)O)c1. The average Bonchev–Trinajstić information content (AvgIpc) is 2.36. The highest BCUT2D eigenvalue weighted by Crippen LogP contribution is 2.10. The van der Waals surface area contributed by atoms with Gasteiger partial charge >= 0.3 is 5.97 Å². The van der Waals surface area contributed by atoms with Crippen LogP contribution in [0.1, 0.15) is 30.6 Å². The van der Waals surface area contributed by atoms with Gasteiger partial charge in [0.1, 0.15) is 5.75 Å². The lowest BCUT2D eigenvalue weighted by molar-refractivity contribution is -0.123. The average molecular weight is 252 g/mol. The van der Waals surface area contributed by atoms with Crippen LogP contribution in [0.4, 0.5) is 0 Å². The van der Waals surface area contributed by atoms with Crippen molar-refractivity contribution in [2.75, 3.05) is 6.61 Å². The summed E-state index contributed by atoms with van der Waals surface area (Å²) in [7, 11) is 0. The molecule has 0 fully saturated rings. The molecule has 0 saturated heterocycles. The van der Waals surface area contributed by atoms with Gasteiger partial charge in [-0.15, -0.1) is 0 Å². The molecule has 0 spiro atoms. The lowest BCUT2D eigenvalue weighted by Crippen LogP contribution is -2.35. The molecule has 1 heterocycles. The van der Waals surface area contributed by atoms with Gasteiger partial charge in [-0.1, -0.05) is 6.92 Å². The minimum absolute atomic E-state index is 0.0230. The maximum atomic E-state index is 11.4. The molecule has 0 bridgehead atoms. The van der Waals surface area contributed by atoms with Crippen molar-refractivity contribution in [3.63, 3.8) is 0 Å². The third kappa shape index (κ3) is 4.40. The number of rotatable bonds is 6. The van der Waals surface area contributed by atoms with Crippen LogP contribution >= 0.6 is 0 Å². The zero-order valence-corrected chi connectivity index (χ0v) is 10.3. The second kappa shape index (κ2) is 6.58. The summed E-state index contributed by atoms with van der Waals surface area (Å²) in [6.45, 7) is 3.70. The molecule has 1 aromatic rings. The number of carbonyl (C=O) groups is 2. The predicted octanol–water partition coefficient (Wildman–Crippen LogP) is 1.07. The summed E-state index contributed by atoms with van der Waals surface area (Å²) in [5.41, 5.74) is 0.0230. The van der Waals surface area contributed by atoms with Crippen molar-refractivity contribution < 1.29 is 19.4 Å². The first-order valence-corrected chi connectivity index (χ1v) is 5.63. The van der Waals surface area contributed by atoms with Crippen molar-refractivity contribution in [1.29, 1.82) is 0 Å². The Bertz CT molecular complexity index is 434. The van der Waals surface area contributed by atoms with Crippen molar-refractivity contribution in [3.8, 4) is 5.75 Å². The van der Waals surface area contributed by atoms with Crippen molar-refractivity contribution in [1.82, 2.24) is 10.3 Å². The van der Waals surface area contributed by atoms with Crippen LogP contribution in [0, 0.1) is 0 Å². The molecular weight excluding hydrogens is 236 g/mol. The van der Waals surface area contributed by atoms with Gasteiger partial charge in [0.2, 0.25) is 0 Å². The number of amides is 1. The van der Waals surface area contributed by atoms with E-state index in [0.717, 1.165) is 6.42 Å². The molecular formula is C12H16N2O4. The van der Waals surface area contributed by atoms with Crippen LogP contribution in [-0.2, 0) is 4.79 Å². The van der Waals surface area contributed by atoms with Gasteiger partial charge < -0.3 is 15.2 Å². The third-order valence-corrected chi connectivity index (χ3v) is 2.35. The molecule has 18 heavy (non-hydrogen) atoms. The van der Waals surface area contributed by atoms with Gasteiger partial charge in [0.15, 0.2) is 6.61 Å². The highest BCUT2D eigenvalue weighted by atomic mass is 16.5. The van der Waals surface area contributed by atoms with Crippen molar-refractivity contribution in [3.05, 3.63) is 24.0 Å². The molecule has 0 aliphatic heterocycles. The minimum atomic E-state index is -1.09. The fourth-order valence-electron chi connectivity index (χ4n) is 1.18. The highest BCUT2D eigenvalue weighted by molar-refractivity contribution is 5.87. The molecule has 0 aliphatic rings. The first-order valence-electron chi connectivity index (χ1n) is 5.63.